The van der Waals surface area contributed by atoms with E-state index in [0.29, 0.717) is 0 Å². The Hall–Kier alpha value is 1.09. The van der Waals surface area contributed by atoms with Crippen LogP contribution in [0, 0.1) is 0 Å². The first-order valence-electron chi connectivity index (χ1n) is 7.63. The normalized spacial score (nSPS) is 12.5. The average molecular weight is 373 g/mol. The molecule has 0 saturated carbocycles. The highest BCUT2D eigenvalue weighted by Gasteiger charge is 2.30. The molecule has 0 rings (SSSR count). The summed E-state index contributed by atoms with van der Waals surface area (Å²) in [4.78, 5) is 0. The summed E-state index contributed by atoms with van der Waals surface area (Å²) in [5.41, 5.74) is 0.850. The summed E-state index contributed by atoms with van der Waals surface area (Å²) in [6.07, 6.45) is 12.6. The third-order valence-electron chi connectivity index (χ3n) is 4.16. The fourth-order valence-corrected chi connectivity index (χ4v) is 4.77. The molecule has 0 aliphatic rings. The van der Waals surface area contributed by atoms with Gasteiger partial charge in [-0.1, -0.05) is 71.6 Å². The van der Waals surface area contributed by atoms with Crippen LogP contribution in [0.1, 0.15) is 71.6 Å². The zero-order valence-electron chi connectivity index (χ0n) is 14.0. The van der Waals surface area contributed by atoms with Crippen molar-refractivity contribution in [1.82, 2.24) is 0 Å². The van der Waals surface area contributed by atoms with Gasteiger partial charge in [0.25, 0.3) is 0 Å². The lowest BCUT2D eigenvalue weighted by Crippen LogP contribution is -2.35. The minimum Gasteiger partial charge on any atom is -0.420 e. The van der Waals surface area contributed by atoms with Gasteiger partial charge in [0.05, 0.1) is 0 Å². The highest BCUT2D eigenvalue weighted by molar-refractivity contribution is 8.93. The van der Waals surface area contributed by atoms with Crippen LogP contribution in [0.5, 0.6) is 0 Å². The SMILES string of the molecule is Br.CCCCCCCCCC(CC)[Si](C)(C)OC.P. The third-order valence-corrected chi connectivity index (χ3v) is 7.87. The van der Waals surface area contributed by atoms with Gasteiger partial charge in [0, 0.05) is 7.11 Å². The molecule has 0 fully saturated rings. The Kier molecular flexibility index (Phi) is 20.4. The monoisotopic (exact) mass is 372 g/mol. The second-order valence-corrected chi connectivity index (χ2v) is 10.3. The van der Waals surface area contributed by atoms with E-state index >= 15 is 0 Å². The number of hydrogen-bond donors (Lipinski definition) is 0. The molecule has 19 heavy (non-hydrogen) atoms. The molecule has 0 spiro atoms. The number of halogens is 1. The lowest BCUT2D eigenvalue weighted by Gasteiger charge is -2.30. The quantitative estimate of drug-likeness (QED) is 0.231. The lowest BCUT2D eigenvalue weighted by molar-refractivity contribution is 0.380. The summed E-state index contributed by atoms with van der Waals surface area (Å²) in [6, 6.07) is 0. The van der Waals surface area contributed by atoms with Crippen molar-refractivity contribution in [1.29, 1.82) is 0 Å². The molecule has 0 aromatic heterocycles. The molecular formula is C15H38BrOPSi. The molecule has 0 heterocycles. The van der Waals surface area contributed by atoms with Crippen LogP contribution in [0.2, 0.25) is 18.6 Å². The van der Waals surface area contributed by atoms with Crippen LogP contribution in [0.25, 0.3) is 0 Å². The van der Waals surface area contributed by atoms with Gasteiger partial charge in [-0.15, -0.1) is 17.0 Å². The molecule has 0 aromatic carbocycles. The van der Waals surface area contributed by atoms with Crippen LogP contribution in [-0.4, -0.2) is 15.4 Å². The number of hydrogen-bond acceptors (Lipinski definition) is 1. The van der Waals surface area contributed by atoms with Crippen molar-refractivity contribution in [2.75, 3.05) is 7.11 Å². The summed E-state index contributed by atoms with van der Waals surface area (Å²) in [7, 11) is 0.515. The van der Waals surface area contributed by atoms with Gasteiger partial charge in [-0.2, -0.15) is 9.90 Å². The van der Waals surface area contributed by atoms with E-state index < -0.39 is 8.32 Å². The van der Waals surface area contributed by atoms with Crippen molar-refractivity contribution < 1.29 is 4.43 Å². The van der Waals surface area contributed by atoms with E-state index in [4.69, 9.17) is 4.43 Å². The fourth-order valence-electron chi connectivity index (χ4n) is 2.56. The molecule has 0 bridgehead atoms. The van der Waals surface area contributed by atoms with Crippen LogP contribution in [-0.2, 0) is 4.43 Å². The van der Waals surface area contributed by atoms with Gasteiger partial charge in [-0.05, 0) is 18.6 Å². The first kappa shape index (κ1) is 25.1. The van der Waals surface area contributed by atoms with Crippen LogP contribution in [0.3, 0.4) is 0 Å². The highest BCUT2D eigenvalue weighted by Crippen LogP contribution is 2.31. The van der Waals surface area contributed by atoms with Crippen molar-refractivity contribution in [3.63, 3.8) is 0 Å². The summed E-state index contributed by atoms with van der Waals surface area (Å²) >= 11 is 0. The van der Waals surface area contributed by atoms with Gasteiger partial charge in [-0.3, -0.25) is 0 Å². The highest BCUT2D eigenvalue weighted by atomic mass is 79.9. The van der Waals surface area contributed by atoms with Crippen LogP contribution >= 0.6 is 26.9 Å². The molecular weight excluding hydrogens is 335 g/mol. The predicted octanol–water partition coefficient (Wildman–Crippen LogP) is 6.39. The first-order valence-corrected chi connectivity index (χ1v) is 10.6. The standard InChI is InChI=1S/C15H34OSi.BrH.H3P/c1-6-8-9-10-11-12-13-14-15(7-2)17(4,5)16-3;;/h15H,6-14H2,1-5H3;1H;1H3. The van der Waals surface area contributed by atoms with E-state index in [1.165, 1.54) is 57.8 Å². The summed E-state index contributed by atoms with van der Waals surface area (Å²) in [6.45, 7) is 9.33. The van der Waals surface area contributed by atoms with Crippen molar-refractivity contribution >= 4 is 35.2 Å². The van der Waals surface area contributed by atoms with E-state index in [-0.39, 0.29) is 26.9 Å². The molecule has 0 amide bonds. The molecule has 2 unspecified atom stereocenters. The van der Waals surface area contributed by atoms with E-state index in [9.17, 15) is 0 Å². The summed E-state index contributed by atoms with van der Waals surface area (Å²) < 4.78 is 5.74. The molecule has 4 heteroatoms. The molecule has 0 aliphatic heterocycles. The van der Waals surface area contributed by atoms with Crippen LogP contribution in [0.4, 0.5) is 0 Å². The van der Waals surface area contributed by atoms with Crippen LogP contribution < -0.4 is 0 Å². The van der Waals surface area contributed by atoms with Crippen molar-refractivity contribution in [3.05, 3.63) is 0 Å². The van der Waals surface area contributed by atoms with Crippen LogP contribution in [0.15, 0.2) is 0 Å². The maximum atomic E-state index is 5.74. The third kappa shape index (κ3) is 12.5. The van der Waals surface area contributed by atoms with Crippen molar-refractivity contribution in [2.24, 2.45) is 0 Å². The maximum absolute atomic E-state index is 5.74. The Bertz CT molecular complexity index is 180. The van der Waals surface area contributed by atoms with Gasteiger partial charge in [0.1, 0.15) is 0 Å². The molecule has 0 saturated heterocycles. The second-order valence-electron chi connectivity index (χ2n) is 5.82. The zero-order valence-corrected chi connectivity index (χ0v) is 18.1. The van der Waals surface area contributed by atoms with Gasteiger partial charge >= 0.3 is 0 Å². The van der Waals surface area contributed by atoms with E-state index in [2.05, 4.69) is 26.9 Å². The predicted molar refractivity (Wildman–Crippen MR) is 103 cm³/mol. The second kappa shape index (κ2) is 15.5. The van der Waals surface area contributed by atoms with E-state index in [1.54, 1.807) is 0 Å². The maximum Gasteiger partial charge on any atom is 0.189 e. The largest absolute Gasteiger partial charge is 0.420 e. The van der Waals surface area contributed by atoms with Gasteiger partial charge < -0.3 is 4.43 Å². The molecule has 0 radical (unpaired) electrons. The van der Waals surface area contributed by atoms with Crippen molar-refractivity contribution in [2.45, 2.75) is 90.3 Å². The Labute approximate surface area is 137 Å². The lowest BCUT2D eigenvalue weighted by atomic mass is 10.1. The summed E-state index contributed by atoms with van der Waals surface area (Å²) in [5.74, 6) is 0. The van der Waals surface area contributed by atoms with E-state index in [1.807, 2.05) is 7.11 Å². The number of unbranched alkanes of at least 4 members (excludes halogenated alkanes) is 6. The Morgan fingerprint density at radius 1 is 0.895 bits per heavy atom. The minimum absolute atomic E-state index is 0. The Morgan fingerprint density at radius 2 is 1.37 bits per heavy atom. The molecule has 0 N–H and O–H groups in total. The average Bonchev–Trinajstić information content (AvgIpc) is 2.32. The van der Waals surface area contributed by atoms with Gasteiger partial charge in [0.2, 0.25) is 0 Å². The van der Waals surface area contributed by atoms with E-state index in [0.717, 1.165) is 5.54 Å². The molecule has 120 valence electrons. The minimum atomic E-state index is -1.39. The fraction of sp³-hybridized carbons (Fsp3) is 1.00. The first-order chi connectivity index (χ1) is 8.08. The topological polar surface area (TPSA) is 9.23 Å². The summed E-state index contributed by atoms with van der Waals surface area (Å²) in [5, 5.41) is 0. The smallest absolute Gasteiger partial charge is 0.189 e. The Balaban J connectivity index is -0.00000128. The van der Waals surface area contributed by atoms with Crippen molar-refractivity contribution in [3.8, 4) is 0 Å². The molecule has 0 aliphatic carbocycles. The number of rotatable bonds is 11. The molecule has 0 aromatic rings. The molecule has 1 nitrogen and oxygen atoms in total. The zero-order chi connectivity index (χ0) is 13.1. The van der Waals surface area contributed by atoms with Gasteiger partial charge in [0.15, 0.2) is 8.32 Å². The molecule has 2 atom stereocenters. The Morgan fingerprint density at radius 3 is 1.79 bits per heavy atom. The van der Waals surface area contributed by atoms with Gasteiger partial charge in [-0.25, -0.2) is 0 Å².